The van der Waals surface area contributed by atoms with Gasteiger partial charge in [0.1, 0.15) is 18.1 Å². The molecule has 0 bridgehead atoms. The lowest BCUT2D eigenvalue weighted by Gasteiger charge is -2.16. The predicted octanol–water partition coefficient (Wildman–Crippen LogP) is 3.61. The first kappa shape index (κ1) is 17.2. The van der Waals surface area contributed by atoms with E-state index in [-0.39, 0.29) is 18.6 Å². The molecule has 2 aromatic carbocycles. The van der Waals surface area contributed by atoms with Crippen molar-refractivity contribution < 1.29 is 14.3 Å². The monoisotopic (exact) mass is 333 g/mol. The highest BCUT2D eigenvalue weighted by Crippen LogP contribution is 2.16. The normalized spacial score (nSPS) is 11.6. The summed E-state index contributed by atoms with van der Waals surface area (Å²) in [6.45, 7) is 4.23. The highest BCUT2D eigenvalue weighted by molar-refractivity contribution is 6.30. The molecule has 4 nitrogen and oxygen atoms in total. The van der Waals surface area contributed by atoms with Crippen LogP contribution in [0.2, 0.25) is 5.02 Å². The molecule has 122 valence electrons. The molecule has 0 aromatic heterocycles. The number of ether oxygens (including phenoxy) is 2. The van der Waals surface area contributed by atoms with Gasteiger partial charge < -0.3 is 14.8 Å². The average molecular weight is 334 g/mol. The first-order valence-corrected chi connectivity index (χ1v) is 7.78. The lowest BCUT2D eigenvalue weighted by molar-refractivity contribution is -0.123. The van der Waals surface area contributed by atoms with Crippen LogP contribution in [0.4, 0.5) is 0 Å². The number of nitrogens with one attached hydrogen (secondary N) is 1. The molecule has 23 heavy (non-hydrogen) atoms. The summed E-state index contributed by atoms with van der Waals surface area (Å²) in [6, 6.07) is 14.5. The standard InChI is InChI=1S/C18H20ClNO3/c1-13-5-3-4-6-17(13)23-11-14(2)20-18(21)12-22-16-9-7-15(19)8-10-16/h3-10,14H,11-12H2,1-2H3,(H,20,21)/t14-/m0/s1. The second-order valence-electron chi connectivity index (χ2n) is 5.29. The summed E-state index contributed by atoms with van der Waals surface area (Å²) in [4.78, 5) is 11.9. The van der Waals surface area contributed by atoms with E-state index in [1.165, 1.54) is 0 Å². The largest absolute Gasteiger partial charge is 0.491 e. The molecule has 5 heteroatoms. The molecule has 2 aromatic rings. The smallest absolute Gasteiger partial charge is 0.258 e. The fourth-order valence-corrected chi connectivity index (χ4v) is 2.10. The number of amides is 1. The Morgan fingerprint density at radius 2 is 1.83 bits per heavy atom. The molecule has 0 radical (unpaired) electrons. The lowest BCUT2D eigenvalue weighted by Crippen LogP contribution is -2.39. The van der Waals surface area contributed by atoms with Crippen LogP contribution in [0.15, 0.2) is 48.5 Å². The van der Waals surface area contributed by atoms with E-state index in [4.69, 9.17) is 21.1 Å². The molecule has 0 aliphatic carbocycles. The Bertz CT molecular complexity index is 643. The number of carbonyl (C=O) groups is 1. The minimum atomic E-state index is -0.194. The van der Waals surface area contributed by atoms with Crippen molar-refractivity contribution in [1.82, 2.24) is 5.32 Å². The summed E-state index contributed by atoms with van der Waals surface area (Å²) in [5, 5.41) is 3.46. The fourth-order valence-electron chi connectivity index (χ4n) is 1.97. The number of rotatable bonds is 7. The van der Waals surface area contributed by atoms with Crippen LogP contribution in [0.5, 0.6) is 11.5 Å². The highest BCUT2D eigenvalue weighted by atomic mass is 35.5. The van der Waals surface area contributed by atoms with Gasteiger partial charge in [-0.3, -0.25) is 4.79 Å². The van der Waals surface area contributed by atoms with Gasteiger partial charge in [0, 0.05) is 5.02 Å². The molecule has 1 amide bonds. The van der Waals surface area contributed by atoms with Crippen molar-refractivity contribution in [1.29, 1.82) is 0 Å². The molecular formula is C18H20ClNO3. The molecule has 0 unspecified atom stereocenters. The SMILES string of the molecule is Cc1ccccc1OC[C@H](C)NC(=O)COc1ccc(Cl)cc1. The van der Waals surface area contributed by atoms with Crippen LogP contribution in [0, 0.1) is 6.92 Å². The number of hydrogen-bond acceptors (Lipinski definition) is 3. The zero-order chi connectivity index (χ0) is 16.7. The van der Waals surface area contributed by atoms with Gasteiger partial charge in [0.25, 0.3) is 5.91 Å². The average Bonchev–Trinajstić information content (AvgIpc) is 2.53. The minimum Gasteiger partial charge on any atom is -0.491 e. The Morgan fingerprint density at radius 3 is 2.52 bits per heavy atom. The number of aryl methyl sites for hydroxylation is 1. The Labute approximate surface area is 141 Å². The van der Waals surface area contributed by atoms with E-state index >= 15 is 0 Å². The quantitative estimate of drug-likeness (QED) is 0.842. The van der Waals surface area contributed by atoms with Crippen LogP contribution >= 0.6 is 11.6 Å². The topological polar surface area (TPSA) is 47.6 Å². The van der Waals surface area contributed by atoms with Gasteiger partial charge in [-0.15, -0.1) is 0 Å². The van der Waals surface area contributed by atoms with E-state index in [0.29, 0.717) is 17.4 Å². The summed E-state index contributed by atoms with van der Waals surface area (Å²) < 4.78 is 11.1. The molecule has 2 rings (SSSR count). The maximum absolute atomic E-state index is 11.9. The van der Waals surface area contributed by atoms with Crippen LogP contribution in [0.25, 0.3) is 0 Å². The van der Waals surface area contributed by atoms with E-state index in [0.717, 1.165) is 11.3 Å². The van der Waals surface area contributed by atoms with Gasteiger partial charge in [-0.1, -0.05) is 29.8 Å². The van der Waals surface area contributed by atoms with Gasteiger partial charge in [0.15, 0.2) is 6.61 Å². The van der Waals surface area contributed by atoms with Gasteiger partial charge >= 0.3 is 0 Å². The van der Waals surface area contributed by atoms with Crippen molar-refractivity contribution in [3.63, 3.8) is 0 Å². The van der Waals surface area contributed by atoms with Crippen LogP contribution < -0.4 is 14.8 Å². The molecule has 0 saturated carbocycles. The van der Waals surface area contributed by atoms with Gasteiger partial charge in [-0.25, -0.2) is 0 Å². The van der Waals surface area contributed by atoms with Gasteiger partial charge in [-0.2, -0.15) is 0 Å². The van der Waals surface area contributed by atoms with Crippen molar-refractivity contribution >= 4 is 17.5 Å². The molecule has 0 saturated heterocycles. The van der Waals surface area contributed by atoms with Crippen molar-refractivity contribution in [2.24, 2.45) is 0 Å². The molecule has 1 N–H and O–H groups in total. The van der Waals surface area contributed by atoms with Crippen LogP contribution in [-0.4, -0.2) is 25.2 Å². The van der Waals surface area contributed by atoms with Crippen molar-refractivity contribution in [2.45, 2.75) is 19.9 Å². The highest BCUT2D eigenvalue weighted by Gasteiger charge is 2.09. The number of carbonyl (C=O) groups excluding carboxylic acids is 1. The Hall–Kier alpha value is -2.20. The molecule has 0 heterocycles. The summed E-state index contributed by atoms with van der Waals surface area (Å²) >= 11 is 5.79. The second kappa shape index (κ2) is 8.44. The zero-order valence-electron chi connectivity index (χ0n) is 13.2. The molecular weight excluding hydrogens is 314 g/mol. The van der Waals surface area contributed by atoms with Crippen LogP contribution in [0.3, 0.4) is 0 Å². The van der Waals surface area contributed by atoms with Gasteiger partial charge in [0.2, 0.25) is 0 Å². The molecule has 0 aliphatic rings. The van der Waals surface area contributed by atoms with E-state index in [9.17, 15) is 4.79 Å². The molecule has 1 atom stereocenters. The maximum atomic E-state index is 11.9. The molecule has 0 aliphatic heterocycles. The lowest BCUT2D eigenvalue weighted by atomic mass is 10.2. The van der Waals surface area contributed by atoms with E-state index in [2.05, 4.69) is 5.32 Å². The molecule has 0 spiro atoms. The first-order chi connectivity index (χ1) is 11.0. The minimum absolute atomic E-state index is 0.0453. The summed E-state index contributed by atoms with van der Waals surface area (Å²) in [7, 11) is 0. The zero-order valence-corrected chi connectivity index (χ0v) is 14.0. The Balaban J connectivity index is 1.72. The number of benzene rings is 2. The number of para-hydroxylation sites is 1. The third kappa shape index (κ3) is 5.83. The third-order valence-corrected chi connectivity index (χ3v) is 3.43. The molecule has 0 fully saturated rings. The third-order valence-electron chi connectivity index (χ3n) is 3.17. The maximum Gasteiger partial charge on any atom is 0.258 e. The van der Waals surface area contributed by atoms with Crippen LogP contribution in [0.1, 0.15) is 12.5 Å². The number of halogens is 1. The Kier molecular flexibility index (Phi) is 6.29. The summed E-state index contributed by atoms with van der Waals surface area (Å²) in [6.07, 6.45) is 0. The van der Waals surface area contributed by atoms with Gasteiger partial charge in [-0.05, 0) is 49.7 Å². The first-order valence-electron chi connectivity index (χ1n) is 7.41. The second-order valence-corrected chi connectivity index (χ2v) is 5.72. The van der Waals surface area contributed by atoms with Crippen molar-refractivity contribution in [2.75, 3.05) is 13.2 Å². The Morgan fingerprint density at radius 1 is 1.13 bits per heavy atom. The van der Waals surface area contributed by atoms with E-state index < -0.39 is 0 Å². The van der Waals surface area contributed by atoms with E-state index in [1.807, 2.05) is 38.1 Å². The van der Waals surface area contributed by atoms with Gasteiger partial charge in [0.05, 0.1) is 6.04 Å². The van der Waals surface area contributed by atoms with Crippen molar-refractivity contribution in [3.8, 4) is 11.5 Å². The number of hydrogen-bond donors (Lipinski definition) is 1. The van der Waals surface area contributed by atoms with E-state index in [1.54, 1.807) is 24.3 Å². The fraction of sp³-hybridized carbons (Fsp3) is 0.278. The predicted molar refractivity (Wildman–Crippen MR) is 91.2 cm³/mol. The summed E-state index contributed by atoms with van der Waals surface area (Å²) in [5.41, 5.74) is 1.07. The van der Waals surface area contributed by atoms with Crippen molar-refractivity contribution in [3.05, 3.63) is 59.1 Å². The summed E-state index contributed by atoms with van der Waals surface area (Å²) in [5.74, 6) is 1.24. The van der Waals surface area contributed by atoms with Crippen LogP contribution in [-0.2, 0) is 4.79 Å².